The minimum Gasteiger partial charge on any atom is -0.394 e. The summed E-state index contributed by atoms with van der Waals surface area (Å²) in [4.78, 5) is 0. The van der Waals surface area contributed by atoms with Crippen LogP contribution in [-0.2, 0) is 13.6 Å². The molecular formula is C11H21N3O. The van der Waals surface area contributed by atoms with Crippen LogP contribution in [0, 0.1) is 0 Å². The molecule has 1 aromatic heterocycles. The van der Waals surface area contributed by atoms with Gasteiger partial charge in [-0.25, -0.2) is 0 Å². The second-order valence-electron chi connectivity index (χ2n) is 3.95. The highest BCUT2D eigenvalue weighted by Gasteiger charge is 2.24. The van der Waals surface area contributed by atoms with Gasteiger partial charge in [-0.05, 0) is 18.9 Å². The van der Waals surface area contributed by atoms with Crippen molar-refractivity contribution in [3.8, 4) is 0 Å². The predicted octanol–water partition coefficient (Wildman–Crippen LogP) is 1.06. The monoisotopic (exact) mass is 211 g/mol. The SMILES string of the molecule is CCC(CC)(CO)NCc1ccnn1C. The second kappa shape index (κ2) is 5.28. The fraction of sp³-hybridized carbons (Fsp3) is 0.727. The fourth-order valence-electron chi connectivity index (χ4n) is 1.63. The third kappa shape index (κ3) is 2.79. The standard InChI is InChI=1S/C11H21N3O/c1-4-11(5-2,9-15)12-8-10-6-7-13-14(10)3/h6-7,12,15H,4-5,8-9H2,1-3H3. The number of aliphatic hydroxyl groups excluding tert-OH is 1. The van der Waals surface area contributed by atoms with Crippen LogP contribution in [0.25, 0.3) is 0 Å². The first-order chi connectivity index (χ1) is 7.17. The van der Waals surface area contributed by atoms with Gasteiger partial charge in [-0.1, -0.05) is 13.8 Å². The van der Waals surface area contributed by atoms with E-state index in [1.807, 2.05) is 17.8 Å². The smallest absolute Gasteiger partial charge is 0.0613 e. The fourth-order valence-corrected chi connectivity index (χ4v) is 1.63. The summed E-state index contributed by atoms with van der Waals surface area (Å²) >= 11 is 0. The molecule has 0 fully saturated rings. The van der Waals surface area contributed by atoms with Crippen LogP contribution < -0.4 is 5.32 Å². The lowest BCUT2D eigenvalue weighted by molar-refractivity contribution is 0.148. The van der Waals surface area contributed by atoms with Gasteiger partial charge in [-0.15, -0.1) is 0 Å². The van der Waals surface area contributed by atoms with Crippen molar-refractivity contribution >= 4 is 0 Å². The lowest BCUT2D eigenvalue weighted by atomic mass is 9.94. The van der Waals surface area contributed by atoms with Crippen molar-refractivity contribution in [2.24, 2.45) is 7.05 Å². The maximum absolute atomic E-state index is 9.39. The van der Waals surface area contributed by atoms with E-state index in [4.69, 9.17) is 0 Å². The number of aliphatic hydroxyl groups is 1. The number of aryl methyl sites for hydroxylation is 1. The minimum atomic E-state index is -0.149. The molecule has 0 aliphatic carbocycles. The first kappa shape index (κ1) is 12.2. The first-order valence-corrected chi connectivity index (χ1v) is 5.50. The van der Waals surface area contributed by atoms with E-state index in [1.165, 1.54) is 0 Å². The topological polar surface area (TPSA) is 50.1 Å². The van der Waals surface area contributed by atoms with Crippen molar-refractivity contribution in [3.05, 3.63) is 18.0 Å². The molecule has 4 heteroatoms. The number of nitrogens with one attached hydrogen (secondary N) is 1. The summed E-state index contributed by atoms with van der Waals surface area (Å²) in [6.07, 6.45) is 3.64. The van der Waals surface area contributed by atoms with E-state index in [-0.39, 0.29) is 12.1 Å². The Hall–Kier alpha value is -0.870. The zero-order valence-corrected chi connectivity index (χ0v) is 9.82. The Morgan fingerprint density at radius 1 is 1.47 bits per heavy atom. The van der Waals surface area contributed by atoms with Crippen LogP contribution in [0.15, 0.2) is 12.3 Å². The lowest BCUT2D eigenvalue weighted by Gasteiger charge is -2.30. The Morgan fingerprint density at radius 3 is 2.53 bits per heavy atom. The normalized spacial score (nSPS) is 12.0. The molecule has 0 saturated heterocycles. The van der Waals surface area contributed by atoms with E-state index in [1.54, 1.807) is 6.20 Å². The Bertz CT molecular complexity index is 284. The molecule has 0 bridgehead atoms. The summed E-state index contributed by atoms with van der Waals surface area (Å²) in [5, 5.41) is 16.9. The van der Waals surface area contributed by atoms with Crippen molar-refractivity contribution < 1.29 is 5.11 Å². The number of hydrogen-bond donors (Lipinski definition) is 2. The number of aromatic nitrogens is 2. The van der Waals surface area contributed by atoms with Crippen molar-refractivity contribution in [3.63, 3.8) is 0 Å². The van der Waals surface area contributed by atoms with E-state index in [0.717, 1.165) is 25.1 Å². The zero-order chi connectivity index (χ0) is 11.3. The largest absolute Gasteiger partial charge is 0.394 e. The number of rotatable bonds is 6. The lowest BCUT2D eigenvalue weighted by Crippen LogP contribution is -2.47. The van der Waals surface area contributed by atoms with Gasteiger partial charge in [0.15, 0.2) is 0 Å². The third-order valence-corrected chi connectivity index (χ3v) is 3.22. The van der Waals surface area contributed by atoms with Crippen LogP contribution >= 0.6 is 0 Å². The maximum Gasteiger partial charge on any atom is 0.0613 e. The summed E-state index contributed by atoms with van der Waals surface area (Å²) in [6.45, 7) is 5.11. The van der Waals surface area contributed by atoms with Gasteiger partial charge in [-0.3, -0.25) is 4.68 Å². The van der Waals surface area contributed by atoms with Crippen molar-refractivity contribution in [1.29, 1.82) is 0 Å². The Labute approximate surface area is 91.3 Å². The molecule has 1 aromatic rings. The molecule has 0 aliphatic rings. The molecule has 2 N–H and O–H groups in total. The molecule has 0 unspecified atom stereocenters. The predicted molar refractivity (Wildman–Crippen MR) is 60.4 cm³/mol. The average Bonchev–Trinajstić information content (AvgIpc) is 2.67. The highest BCUT2D eigenvalue weighted by Crippen LogP contribution is 2.14. The summed E-state index contributed by atoms with van der Waals surface area (Å²) in [5.74, 6) is 0. The minimum absolute atomic E-state index is 0.149. The highest BCUT2D eigenvalue weighted by atomic mass is 16.3. The molecule has 0 amide bonds. The van der Waals surface area contributed by atoms with Gasteiger partial charge in [0.25, 0.3) is 0 Å². The molecule has 0 saturated carbocycles. The highest BCUT2D eigenvalue weighted by molar-refractivity contribution is 5.01. The van der Waals surface area contributed by atoms with Crippen molar-refractivity contribution in [2.75, 3.05) is 6.61 Å². The molecule has 0 aromatic carbocycles. The number of hydrogen-bond acceptors (Lipinski definition) is 3. The van der Waals surface area contributed by atoms with Crippen LogP contribution in [0.3, 0.4) is 0 Å². The number of nitrogens with zero attached hydrogens (tertiary/aromatic N) is 2. The van der Waals surface area contributed by atoms with Gasteiger partial charge in [0.2, 0.25) is 0 Å². The summed E-state index contributed by atoms with van der Waals surface area (Å²) < 4.78 is 1.85. The van der Waals surface area contributed by atoms with Crippen LogP contribution in [0.4, 0.5) is 0 Å². The zero-order valence-electron chi connectivity index (χ0n) is 9.82. The van der Waals surface area contributed by atoms with Crippen LogP contribution in [-0.4, -0.2) is 27.0 Å². The van der Waals surface area contributed by atoms with Crippen molar-refractivity contribution in [2.45, 2.75) is 38.8 Å². The van der Waals surface area contributed by atoms with Crippen molar-refractivity contribution in [1.82, 2.24) is 15.1 Å². The Kier molecular flexibility index (Phi) is 4.29. The van der Waals surface area contributed by atoms with E-state index in [0.29, 0.717) is 0 Å². The van der Waals surface area contributed by atoms with Gasteiger partial charge in [0.1, 0.15) is 0 Å². The van der Waals surface area contributed by atoms with Gasteiger partial charge < -0.3 is 10.4 Å². The van der Waals surface area contributed by atoms with Crippen LogP contribution in [0.5, 0.6) is 0 Å². The maximum atomic E-state index is 9.39. The molecular weight excluding hydrogens is 190 g/mol. The summed E-state index contributed by atoms with van der Waals surface area (Å²) in [5.41, 5.74) is 0.985. The Balaban J connectivity index is 2.58. The average molecular weight is 211 g/mol. The molecule has 15 heavy (non-hydrogen) atoms. The molecule has 0 spiro atoms. The molecule has 4 nitrogen and oxygen atoms in total. The van der Waals surface area contributed by atoms with E-state index in [2.05, 4.69) is 24.3 Å². The molecule has 0 atom stereocenters. The summed E-state index contributed by atoms with van der Waals surface area (Å²) in [6, 6.07) is 1.99. The summed E-state index contributed by atoms with van der Waals surface area (Å²) in [7, 11) is 1.93. The van der Waals surface area contributed by atoms with Gasteiger partial charge in [0, 0.05) is 25.3 Å². The quantitative estimate of drug-likeness (QED) is 0.740. The van der Waals surface area contributed by atoms with Crippen LogP contribution in [0.2, 0.25) is 0 Å². The van der Waals surface area contributed by atoms with Gasteiger partial charge in [0.05, 0.1) is 12.3 Å². The van der Waals surface area contributed by atoms with Gasteiger partial charge in [-0.2, -0.15) is 5.10 Å². The van der Waals surface area contributed by atoms with E-state index in [9.17, 15) is 5.11 Å². The third-order valence-electron chi connectivity index (χ3n) is 3.22. The first-order valence-electron chi connectivity index (χ1n) is 5.50. The van der Waals surface area contributed by atoms with E-state index < -0.39 is 0 Å². The van der Waals surface area contributed by atoms with E-state index >= 15 is 0 Å². The molecule has 0 radical (unpaired) electrons. The molecule has 1 heterocycles. The molecule has 1 rings (SSSR count). The Morgan fingerprint density at radius 2 is 2.13 bits per heavy atom. The second-order valence-corrected chi connectivity index (χ2v) is 3.95. The van der Waals surface area contributed by atoms with Crippen LogP contribution in [0.1, 0.15) is 32.4 Å². The molecule has 86 valence electrons. The molecule has 0 aliphatic heterocycles. The van der Waals surface area contributed by atoms with Gasteiger partial charge >= 0.3 is 0 Å².